The number of alkyl halides is 3. The summed E-state index contributed by atoms with van der Waals surface area (Å²) < 4.78 is 44.7. The molecular weight excluding hydrogens is 323 g/mol. The molecule has 2 rings (SSSR count). The minimum absolute atomic E-state index is 0.0378. The molecule has 5 nitrogen and oxygen atoms in total. The third-order valence-corrected chi connectivity index (χ3v) is 4.07. The van der Waals surface area contributed by atoms with Crippen molar-refractivity contribution in [1.82, 2.24) is 15.1 Å². The summed E-state index contributed by atoms with van der Waals surface area (Å²) in [5.74, 6) is -0.425. The van der Waals surface area contributed by atoms with Crippen molar-refractivity contribution in [3.63, 3.8) is 0 Å². The van der Waals surface area contributed by atoms with Gasteiger partial charge in [-0.2, -0.15) is 18.3 Å². The molecule has 1 aromatic rings. The first-order chi connectivity index (χ1) is 10.2. The van der Waals surface area contributed by atoms with Crippen molar-refractivity contribution in [3.05, 3.63) is 16.4 Å². The van der Waals surface area contributed by atoms with Gasteiger partial charge in [0, 0.05) is 13.2 Å². The Hall–Kier alpha value is -1.28. The van der Waals surface area contributed by atoms with Gasteiger partial charge < -0.3 is 10.1 Å². The first kappa shape index (κ1) is 17.1. The van der Waals surface area contributed by atoms with Crippen molar-refractivity contribution in [2.24, 2.45) is 0 Å². The molecule has 1 aliphatic heterocycles. The number of aromatic nitrogens is 2. The summed E-state index contributed by atoms with van der Waals surface area (Å²) in [5, 5.41) is 5.64. The quantitative estimate of drug-likeness (QED) is 0.917. The summed E-state index contributed by atoms with van der Waals surface area (Å²) in [6, 6.07) is -0.894. The zero-order valence-electron chi connectivity index (χ0n) is 12.2. The highest BCUT2D eigenvalue weighted by Gasteiger charge is 2.39. The highest BCUT2D eigenvalue weighted by molar-refractivity contribution is 6.32. The second-order valence-corrected chi connectivity index (χ2v) is 5.62. The molecule has 9 heteroatoms. The van der Waals surface area contributed by atoms with Gasteiger partial charge in [0.05, 0.1) is 16.8 Å². The molecule has 0 radical (unpaired) electrons. The van der Waals surface area contributed by atoms with Crippen LogP contribution in [0.5, 0.6) is 0 Å². The van der Waals surface area contributed by atoms with Crippen molar-refractivity contribution >= 4 is 17.5 Å². The molecule has 1 N–H and O–H groups in total. The van der Waals surface area contributed by atoms with Crippen LogP contribution in [0.4, 0.5) is 13.2 Å². The van der Waals surface area contributed by atoms with Crippen LogP contribution in [-0.2, 0) is 15.7 Å². The summed E-state index contributed by atoms with van der Waals surface area (Å²) in [6.07, 6.45) is -2.89. The summed E-state index contributed by atoms with van der Waals surface area (Å²) in [5.41, 5.74) is -1.07. The van der Waals surface area contributed by atoms with E-state index in [2.05, 4.69) is 10.4 Å². The Morgan fingerprint density at radius 1 is 1.59 bits per heavy atom. The third-order valence-electron chi connectivity index (χ3n) is 3.62. The molecule has 0 aromatic carbocycles. The molecule has 1 fully saturated rings. The van der Waals surface area contributed by atoms with Gasteiger partial charge in [-0.1, -0.05) is 11.6 Å². The molecule has 0 saturated carbocycles. The van der Waals surface area contributed by atoms with E-state index < -0.39 is 28.8 Å². The van der Waals surface area contributed by atoms with Gasteiger partial charge in [0.2, 0.25) is 5.91 Å². The summed E-state index contributed by atoms with van der Waals surface area (Å²) >= 11 is 5.67. The Morgan fingerprint density at radius 3 is 2.77 bits per heavy atom. The van der Waals surface area contributed by atoms with Crippen LogP contribution >= 0.6 is 11.6 Å². The zero-order valence-corrected chi connectivity index (χ0v) is 13.0. The number of ether oxygens (including phenoxy) is 1. The Morgan fingerprint density at radius 2 is 2.27 bits per heavy atom. The third kappa shape index (κ3) is 3.55. The summed E-state index contributed by atoms with van der Waals surface area (Å²) in [4.78, 5) is 12.1. The average molecular weight is 340 g/mol. The normalized spacial score (nSPS) is 20.2. The van der Waals surface area contributed by atoms with Gasteiger partial charge in [-0.15, -0.1) is 0 Å². The van der Waals surface area contributed by atoms with E-state index in [0.717, 1.165) is 17.5 Å². The smallest absolute Gasteiger partial charge is 0.376 e. The molecule has 1 saturated heterocycles. The lowest BCUT2D eigenvalue weighted by Crippen LogP contribution is -2.36. The van der Waals surface area contributed by atoms with Crippen LogP contribution in [0.25, 0.3) is 0 Å². The molecule has 2 heterocycles. The average Bonchev–Trinajstić information content (AvgIpc) is 3.04. The minimum Gasteiger partial charge on any atom is -0.376 e. The molecular formula is C13H17ClF3N3O2. The summed E-state index contributed by atoms with van der Waals surface area (Å²) in [6.45, 7) is 3.87. The highest BCUT2D eigenvalue weighted by atomic mass is 35.5. The van der Waals surface area contributed by atoms with E-state index in [1.807, 2.05) is 0 Å². The van der Waals surface area contributed by atoms with Crippen molar-refractivity contribution in [3.8, 4) is 0 Å². The number of rotatable bonds is 4. The Labute approximate surface area is 130 Å². The van der Waals surface area contributed by atoms with E-state index in [-0.39, 0.29) is 11.8 Å². The predicted molar refractivity (Wildman–Crippen MR) is 73.7 cm³/mol. The van der Waals surface area contributed by atoms with E-state index in [4.69, 9.17) is 16.3 Å². The van der Waals surface area contributed by atoms with Gasteiger partial charge in [0.15, 0.2) is 5.69 Å². The lowest BCUT2D eigenvalue weighted by Gasteiger charge is -2.16. The summed E-state index contributed by atoms with van der Waals surface area (Å²) in [7, 11) is 0. The number of carbonyl (C=O) groups excluding carboxylic acids is 1. The molecule has 124 valence electrons. The maximum atomic E-state index is 12.8. The Bertz CT molecular complexity index is 553. The molecule has 1 aliphatic rings. The molecule has 0 spiro atoms. The van der Waals surface area contributed by atoms with Gasteiger partial charge >= 0.3 is 6.18 Å². The van der Waals surface area contributed by atoms with Crippen LogP contribution in [0.1, 0.15) is 37.2 Å². The van der Waals surface area contributed by atoms with Gasteiger partial charge in [-0.05, 0) is 26.7 Å². The van der Waals surface area contributed by atoms with Crippen LogP contribution in [0.2, 0.25) is 5.02 Å². The monoisotopic (exact) mass is 339 g/mol. The van der Waals surface area contributed by atoms with Gasteiger partial charge in [0.25, 0.3) is 0 Å². The Balaban J connectivity index is 2.08. The van der Waals surface area contributed by atoms with Gasteiger partial charge in [-0.3, -0.25) is 9.48 Å². The van der Waals surface area contributed by atoms with Crippen molar-refractivity contribution in [1.29, 1.82) is 0 Å². The fourth-order valence-corrected chi connectivity index (χ4v) is 2.57. The molecule has 1 aromatic heterocycles. The fraction of sp³-hybridized carbons (Fsp3) is 0.692. The van der Waals surface area contributed by atoms with Crippen molar-refractivity contribution in [2.45, 2.75) is 45.0 Å². The molecule has 0 aliphatic carbocycles. The SMILES string of the molecule is Cc1c(Cl)c(C(F)(F)F)nn1[C@H](C)C(=O)NC[C@@H]1CCCO1. The van der Waals surface area contributed by atoms with Crippen LogP contribution in [-0.4, -0.2) is 34.9 Å². The maximum Gasteiger partial charge on any atom is 0.436 e. The number of hydrogen-bond donors (Lipinski definition) is 1. The number of nitrogens with one attached hydrogen (secondary N) is 1. The second kappa shape index (κ2) is 6.45. The molecule has 0 unspecified atom stereocenters. The predicted octanol–water partition coefficient (Wildman–Crippen LogP) is 2.72. The van der Waals surface area contributed by atoms with Crippen LogP contribution in [0.15, 0.2) is 0 Å². The topological polar surface area (TPSA) is 56.2 Å². The largest absolute Gasteiger partial charge is 0.436 e. The standard InChI is InChI=1S/C13H17ClF3N3O2/c1-7-10(14)11(13(15,16)17)19-20(7)8(2)12(21)18-6-9-4-3-5-22-9/h8-9H,3-6H2,1-2H3,(H,18,21)/t8-,9+/m1/s1. The number of amides is 1. The van der Waals surface area contributed by atoms with E-state index in [0.29, 0.717) is 13.2 Å². The van der Waals surface area contributed by atoms with Gasteiger partial charge in [-0.25, -0.2) is 0 Å². The number of nitrogens with zero attached hydrogens (tertiary/aromatic N) is 2. The van der Waals surface area contributed by atoms with E-state index in [1.54, 1.807) is 0 Å². The number of carbonyl (C=O) groups is 1. The lowest BCUT2D eigenvalue weighted by atomic mass is 10.2. The van der Waals surface area contributed by atoms with E-state index >= 15 is 0 Å². The zero-order chi connectivity index (χ0) is 16.5. The fourth-order valence-electron chi connectivity index (χ4n) is 2.34. The van der Waals surface area contributed by atoms with Gasteiger partial charge in [0.1, 0.15) is 6.04 Å². The van der Waals surface area contributed by atoms with Crippen LogP contribution < -0.4 is 5.32 Å². The molecule has 22 heavy (non-hydrogen) atoms. The highest BCUT2D eigenvalue weighted by Crippen LogP contribution is 2.36. The second-order valence-electron chi connectivity index (χ2n) is 5.25. The maximum absolute atomic E-state index is 12.8. The van der Waals surface area contributed by atoms with Crippen molar-refractivity contribution in [2.75, 3.05) is 13.2 Å². The number of halogens is 4. The molecule has 2 atom stereocenters. The first-order valence-corrected chi connectivity index (χ1v) is 7.30. The Kier molecular flexibility index (Phi) is 5.01. The van der Waals surface area contributed by atoms with E-state index in [9.17, 15) is 18.0 Å². The lowest BCUT2D eigenvalue weighted by molar-refractivity contribution is -0.141. The van der Waals surface area contributed by atoms with Crippen molar-refractivity contribution < 1.29 is 22.7 Å². The minimum atomic E-state index is -4.65. The molecule has 0 bridgehead atoms. The van der Waals surface area contributed by atoms with Crippen LogP contribution in [0.3, 0.4) is 0 Å². The molecule has 1 amide bonds. The van der Waals surface area contributed by atoms with Crippen LogP contribution in [0, 0.1) is 6.92 Å². The first-order valence-electron chi connectivity index (χ1n) is 6.93. The van der Waals surface area contributed by atoms with E-state index in [1.165, 1.54) is 13.8 Å². The number of hydrogen-bond acceptors (Lipinski definition) is 3.